The van der Waals surface area contributed by atoms with Crippen molar-refractivity contribution in [2.24, 2.45) is 4.99 Å². The van der Waals surface area contributed by atoms with E-state index in [0.717, 1.165) is 43.6 Å². The summed E-state index contributed by atoms with van der Waals surface area (Å²) in [6.45, 7) is 5.90. The van der Waals surface area contributed by atoms with Gasteiger partial charge >= 0.3 is 11.9 Å². The topological polar surface area (TPSA) is 114 Å². The summed E-state index contributed by atoms with van der Waals surface area (Å²) in [7, 11) is 0. The van der Waals surface area contributed by atoms with Crippen molar-refractivity contribution in [2.45, 2.75) is 6.92 Å². The molecule has 170 valence electrons. The van der Waals surface area contributed by atoms with E-state index in [1.807, 2.05) is 35.8 Å². The number of aromatic carboxylic acids is 2. The minimum absolute atomic E-state index is 0.0111. The lowest BCUT2D eigenvalue weighted by molar-refractivity contribution is 0.0695. The van der Waals surface area contributed by atoms with Gasteiger partial charge in [-0.05, 0) is 42.8 Å². The summed E-state index contributed by atoms with van der Waals surface area (Å²) in [5, 5.41) is 26.7. The number of anilines is 3. The van der Waals surface area contributed by atoms with Gasteiger partial charge in [0, 0.05) is 38.0 Å². The fourth-order valence-electron chi connectivity index (χ4n) is 3.56. The standard InChI is InChI=1S/C15H16N4S.C9H8O4/c1-2-4-13-12(3-1)17-10-11-9-14(20-15(11)18-13)19-7-5-16-6-8-19;1-5-2-3-6(8(10)11)4-7(5)9(12)13/h1-4,9-10,16,18H,5-8H2;2-4H,1H3,(H,10,11)(H,12,13). The van der Waals surface area contributed by atoms with Crippen molar-refractivity contribution in [1.82, 2.24) is 5.32 Å². The van der Waals surface area contributed by atoms with E-state index in [4.69, 9.17) is 10.2 Å². The monoisotopic (exact) mass is 464 g/mol. The van der Waals surface area contributed by atoms with Crippen LogP contribution in [0.3, 0.4) is 0 Å². The molecule has 9 heteroatoms. The molecule has 5 rings (SSSR count). The highest BCUT2D eigenvalue weighted by Gasteiger charge is 2.18. The summed E-state index contributed by atoms with van der Waals surface area (Å²) < 4.78 is 0. The predicted octanol–water partition coefficient (Wildman–Crippen LogP) is 4.36. The molecule has 3 aromatic rings. The van der Waals surface area contributed by atoms with Crippen molar-refractivity contribution in [2.75, 3.05) is 36.4 Å². The number of fused-ring (bicyclic) bond motifs is 2. The highest BCUT2D eigenvalue weighted by Crippen LogP contribution is 2.40. The van der Waals surface area contributed by atoms with Crippen LogP contribution in [-0.2, 0) is 0 Å². The van der Waals surface area contributed by atoms with E-state index >= 15 is 0 Å². The van der Waals surface area contributed by atoms with Gasteiger partial charge in [-0.3, -0.25) is 4.99 Å². The Morgan fingerprint density at radius 1 is 1.03 bits per heavy atom. The number of hydrogen-bond donors (Lipinski definition) is 4. The Kier molecular flexibility index (Phi) is 6.71. The summed E-state index contributed by atoms with van der Waals surface area (Å²) in [6, 6.07) is 14.4. The van der Waals surface area contributed by atoms with E-state index in [-0.39, 0.29) is 11.1 Å². The molecule has 33 heavy (non-hydrogen) atoms. The first-order chi connectivity index (χ1) is 15.9. The van der Waals surface area contributed by atoms with Crippen molar-refractivity contribution in [3.05, 3.63) is 70.8 Å². The predicted molar refractivity (Wildman–Crippen MR) is 131 cm³/mol. The van der Waals surface area contributed by atoms with Crippen LogP contribution in [0.15, 0.2) is 53.5 Å². The minimum Gasteiger partial charge on any atom is -0.478 e. The fraction of sp³-hybridized carbons (Fsp3) is 0.208. The Balaban J connectivity index is 0.000000174. The first-order valence-corrected chi connectivity index (χ1v) is 11.3. The largest absolute Gasteiger partial charge is 0.478 e. The number of hydrogen-bond acceptors (Lipinski definition) is 7. The van der Waals surface area contributed by atoms with Gasteiger partial charge in [-0.1, -0.05) is 18.2 Å². The van der Waals surface area contributed by atoms with E-state index in [9.17, 15) is 9.59 Å². The van der Waals surface area contributed by atoms with Crippen LogP contribution in [0.1, 0.15) is 31.8 Å². The Hall–Kier alpha value is -3.69. The number of nitrogens with one attached hydrogen (secondary N) is 2. The third-order valence-corrected chi connectivity index (χ3v) is 6.51. The molecule has 4 N–H and O–H groups in total. The van der Waals surface area contributed by atoms with Gasteiger partial charge < -0.3 is 25.7 Å². The zero-order chi connectivity index (χ0) is 23.4. The van der Waals surface area contributed by atoms with Crippen molar-refractivity contribution in [1.29, 1.82) is 0 Å². The van der Waals surface area contributed by atoms with Gasteiger partial charge in [0.05, 0.1) is 27.5 Å². The number of para-hydroxylation sites is 2. The van der Waals surface area contributed by atoms with E-state index in [0.29, 0.717) is 5.56 Å². The number of carboxylic acids is 2. The number of aryl methyl sites for hydroxylation is 1. The Labute approximate surface area is 195 Å². The van der Waals surface area contributed by atoms with Crippen LogP contribution in [0.25, 0.3) is 0 Å². The first kappa shape index (κ1) is 22.5. The summed E-state index contributed by atoms with van der Waals surface area (Å²) >= 11 is 1.81. The third-order valence-electron chi connectivity index (χ3n) is 5.39. The van der Waals surface area contributed by atoms with Gasteiger partial charge in [0.1, 0.15) is 5.00 Å². The minimum atomic E-state index is -1.12. The number of carbonyl (C=O) groups is 2. The molecular formula is C24H24N4O4S. The molecule has 0 radical (unpaired) electrons. The average molecular weight is 465 g/mol. The molecule has 0 atom stereocenters. The van der Waals surface area contributed by atoms with Gasteiger partial charge in [-0.25, -0.2) is 9.59 Å². The molecule has 0 bridgehead atoms. The summed E-state index contributed by atoms with van der Waals surface area (Å²) in [5.74, 6) is -2.23. The Bertz CT molecular complexity index is 1210. The van der Waals surface area contributed by atoms with Crippen molar-refractivity contribution >= 4 is 50.9 Å². The maximum absolute atomic E-state index is 10.6. The quantitative estimate of drug-likeness (QED) is 0.356. The maximum atomic E-state index is 10.6. The summed E-state index contributed by atoms with van der Waals surface area (Å²) in [4.78, 5) is 28.1. The maximum Gasteiger partial charge on any atom is 0.335 e. The van der Waals surface area contributed by atoms with Gasteiger partial charge in [-0.15, -0.1) is 11.3 Å². The molecule has 0 spiro atoms. The summed E-state index contributed by atoms with van der Waals surface area (Å²) in [6.07, 6.45) is 1.97. The molecule has 8 nitrogen and oxygen atoms in total. The van der Waals surface area contributed by atoms with Gasteiger partial charge in [0.15, 0.2) is 0 Å². The molecule has 1 fully saturated rings. The average Bonchev–Trinajstić information content (AvgIpc) is 3.14. The van der Waals surface area contributed by atoms with Crippen LogP contribution >= 0.6 is 11.3 Å². The van der Waals surface area contributed by atoms with Crippen LogP contribution in [0.4, 0.5) is 21.4 Å². The normalized spacial score (nSPS) is 14.2. The molecule has 0 saturated carbocycles. The zero-order valence-corrected chi connectivity index (χ0v) is 18.9. The van der Waals surface area contributed by atoms with Crippen molar-refractivity contribution < 1.29 is 19.8 Å². The number of nitrogens with zero attached hydrogens (tertiary/aromatic N) is 2. The second-order valence-electron chi connectivity index (χ2n) is 7.65. The number of rotatable bonds is 3. The SMILES string of the molecule is C1=Nc2ccccc2Nc2sc(N3CCNCC3)cc21.Cc1ccc(C(=O)O)cc1C(=O)O. The molecule has 2 aromatic carbocycles. The number of piperazine rings is 1. The second-order valence-corrected chi connectivity index (χ2v) is 8.68. The van der Waals surface area contributed by atoms with E-state index in [1.54, 1.807) is 6.92 Å². The van der Waals surface area contributed by atoms with E-state index in [2.05, 4.69) is 32.7 Å². The van der Waals surface area contributed by atoms with Crippen LogP contribution in [0, 0.1) is 6.92 Å². The highest BCUT2D eigenvalue weighted by atomic mass is 32.1. The smallest absolute Gasteiger partial charge is 0.335 e. The number of carboxylic acid groups (broad SMARTS) is 2. The lowest BCUT2D eigenvalue weighted by Gasteiger charge is -2.27. The highest BCUT2D eigenvalue weighted by molar-refractivity contribution is 7.20. The Morgan fingerprint density at radius 3 is 2.52 bits per heavy atom. The lowest BCUT2D eigenvalue weighted by Crippen LogP contribution is -2.43. The zero-order valence-electron chi connectivity index (χ0n) is 18.0. The molecule has 0 amide bonds. The van der Waals surface area contributed by atoms with Gasteiger partial charge in [-0.2, -0.15) is 0 Å². The van der Waals surface area contributed by atoms with Crippen LogP contribution in [0.2, 0.25) is 0 Å². The third kappa shape index (κ3) is 5.21. The number of benzene rings is 2. The number of aliphatic imine (C=N–C) groups is 1. The summed E-state index contributed by atoms with van der Waals surface area (Å²) in [5.41, 5.74) is 3.83. The van der Waals surface area contributed by atoms with Crippen molar-refractivity contribution in [3.8, 4) is 0 Å². The molecule has 3 heterocycles. The molecule has 2 aliphatic rings. The van der Waals surface area contributed by atoms with Crippen LogP contribution in [0.5, 0.6) is 0 Å². The molecule has 0 unspecified atom stereocenters. The van der Waals surface area contributed by atoms with E-state index < -0.39 is 11.9 Å². The van der Waals surface area contributed by atoms with Gasteiger partial charge in [0.25, 0.3) is 0 Å². The first-order valence-electron chi connectivity index (χ1n) is 10.5. The molecule has 2 aliphatic heterocycles. The Morgan fingerprint density at radius 2 is 1.79 bits per heavy atom. The molecule has 1 saturated heterocycles. The lowest BCUT2D eigenvalue weighted by atomic mass is 10.1. The number of thiophene rings is 1. The second kappa shape index (κ2) is 9.85. The van der Waals surface area contributed by atoms with Crippen LogP contribution in [-0.4, -0.2) is 54.5 Å². The van der Waals surface area contributed by atoms with Gasteiger partial charge in [0.2, 0.25) is 0 Å². The molecule has 1 aromatic heterocycles. The fourth-order valence-corrected chi connectivity index (χ4v) is 4.66. The van der Waals surface area contributed by atoms with Crippen molar-refractivity contribution in [3.63, 3.8) is 0 Å². The molecular weight excluding hydrogens is 440 g/mol. The van der Waals surface area contributed by atoms with E-state index in [1.165, 1.54) is 27.7 Å². The molecule has 0 aliphatic carbocycles. The van der Waals surface area contributed by atoms with Crippen LogP contribution < -0.4 is 15.5 Å².